The van der Waals surface area contributed by atoms with Crippen molar-refractivity contribution in [3.63, 3.8) is 0 Å². The van der Waals surface area contributed by atoms with E-state index in [1.807, 2.05) is 18.2 Å². The molecule has 3 aromatic rings. The van der Waals surface area contributed by atoms with Gasteiger partial charge in [-0.2, -0.15) is 0 Å². The van der Waals surface area contributed by atoms with Crippen LogP contribution in [0, 0.1) is 10.1 Å². The van der Waals surface area contributed by atoms with Crippen LogP contribution in [-0.2, 0) is 0 Å². The number of aliphatic hydroxyl groups is 2. The zero-order valence-corrected chi connectivity index (χ0v) is 14.1. The highest BCUT2D eigenvalue weighted by atomic mass is 16.6. The fourth-order valence-electron chi connectivity index (χ4n) is 2.68. The summed E-state index contributed by atoms with van der Waals surface area (Å²) in [5.41, 5.74) is 1.03. The number of hydrogen-bond acceptors (Lipinski definition) is 6. The second kappa shape index (κ2) is 7.90. The molecule has 3 rings (SSSR count). The number of fused-ring (bicyclic) bond motifs is 1. The molecular weight excluding hydrogens is 350 g/mol. The topological polar surface area (TPSA) is 126 Å². The Labute approximate surface area is 154 Å². The van der Waals surface area contributed by atoms with E-state index in [1.54, 1.807) is 18.2 Å². The van der Waals surface area contributed by atoms with Gasteiger partial charge in [0.05, 0.1) is 23.1 Å². The lowest BCUT2D eigenvalue weighted by molar-refractivity contribution is -0.384. The van der Waals surface area contributed by atoms with Crippen LogP contribution in [0.15, 0.2) is 60.7 Å². The molecule has 0 unspecified atom stereocenters. The number of pyridine rings is 1. The number of aliphatic hydroxyl groups excluding tert-OH is 2. The number of carbonyl (C=O) groups is 1. The molecule has 0 fully saturated rings. The van der Waals surface area contributed by atoms with Crippen molar-refractivity contribution in [2.24, 2.45) is 0 Å². The summed E-state index contributed by atoms with van der Waals surface area (Å²) in [4.78, 5) is 26.9. The number of non-ortho nitro benzene ring substituents is 1. The third kappa shape index (κ3) is 4.08. The highest BCUT2D eigenvalue weighted by molar-refractivity contribution is 5.95. The number of rotatable bonds is 6. The van der Waals surface area contributed by atoms with Crippen molar-refractivity contribution in [2.75, 3.05) is 6.61 Å². The monoisotopic (exact) mass is 367 g/mol. The molecule has 0 saturated heterocycles. The molecule has 2 atom stereocenters. The Kier molecular flexibility index (Phi) is 5.39. The van der Waals surface area contributed by atoms with Crippen LogP contribution in [0.1, 0.15) is 22.2 Å². The van der Waals surface area contributed by atoms with Crippen LogP contribution in [0.4, 0.5) is 5.69 Å². The van der Waals surface area contributed by atoms with Gasteiger partial charge in [-0.3, -0.25) is 14.9 Å². The molecule has 2 aromatic carbocycles. The Balaban J connectivity index is 1.76. The lowest BCUT2D eigenvalue weighted by atomic mass is 10.0. The second-order valence-corrected chi connectivity index (χ2v) is 5.95. The van der Waals surface area contributed by atoms with Gasteiger partial charge in [-0.25, -0.2) is 4.98 Å². The Morgan fingerprint density at radius 3 is 2.48 bits per heavy atom. The van der Waals surface area contributed by atoms with Crippen molar-refractivity contribution >= 4 is 22.5 Å². The third-order valence-corrected chi connectivity index (χ3v) is 4.17. The number of carbonyl (C=O) groups excluding carboxylic acids is 1. The number of amides is 1. The SMILES string of the molecule is O=C(N[C@H](CO)[C@@H](O)c1ccc([N+](=O)[O-])cc1)c1ccc2ccccc2n1. The number of hydrogen-bond donors (Lipinski definition) is 3. The average molecular weight is 367 g/mol. The minimum Gasteiger partial charge on any atom is -0.394 e. The zero-order chi connectivity index (χ0) is 19.4. The number of benzene rings is 2. The van der Waals surface area contributed by atoms with Gasteiger partial charge in [0, 0.05) is 17.5 Å². The predicted molar refractivity (Wildman–Crippen MR) is 98.1 cm³/mol. The van der Waals surface area contributed by atoms with Crippen LogP contribution in [0.2, 0.25) is 0 Å². The van der Waals surface area contributed by atoms with Gasteiger partial charge in [-0.05, 0) is 29.8 Å². The highest BCUT2D eigenvalue weighted by Crippen LogP contribution is 2.21. The average Bonchev–Trinajstić information content (AvgIpc) is 2.71. The van der Waals surface area contributed by atoms with Gasteiger partial charge in [-0.1, -0.05) is 24.3 Å². The molecule has 0 radical (unpaired) electrons. The van der Waals surface area contributed by atoms with Gasteiger partial charge in [0.25, 0.3) is 11.6 Å². The first-order valence-electron chi connectivity index (χ1n) is 8.19. The smallest absolute Gasteiger partial charge is 0.270 e. The molecule has 3 N–H and O–H groups in total. The minimum absolute atomic E-state index is 0.115. The Hall–Kier alpha value is -3.36. The number of aromatic nitrogens is 1. The van der Waals surface area contributed by atoms with Crippen LogP contribution in [0.3, 0.4) is 0 Å². The third-order valence-electron chi connectivity index (χ3n) is 4.17. The molecule has 0 spiro atoms. The van der Waals surface area contributed by atoms with Gasteiger partial charge >= 0.3 is 0 Å². The maximum Gasteiger partial charge on any atom is 0.270 e. The highest BCUT2D eigenvalue weighted by Gasteiger charge is 2.24. The van der Waals surface area contributed by atoms with Gasteiger partial charge in [0.15, 0.2) is 0 Å². The van der Waals surface area contributed by atoms with E-state index in [9.17, 15) is 25.1 Å². The van der Waals surface area contributed by atoms with Gasteiger partial charge in [-0.15, -0.1) is 0 Å². The van der Waals surface area contributed by atoms with E-state index in [4.69, 9.17) is 0 Å². The molecule has 0 aliphatic rings. The molecule has 138 valence electrons. The number of nitro groups is 1. The summed E-state index contributed by atoms with van der Waals surface area (Å²) in [5, 5.41) is 34.1. The molecule has 0 bridgehead atoms. The fraction of sp³-hybridized carbons (Fsp3) is 0.158. The van der Waals surface area contributed by atoms with Crippen molar-refractivity contribution in [2.45, 2.75) is 12.1 Å². The number of nitrogens with zero attached hydrogens (tertiary/aromatic N) is 2. The van der Waals surface area contributed by atoms with Crippen LogP contribution >= 0.6 is 0 Å². The fourth-order valence-corrected chi connectivity index (χ4v) is 2.68. The van der Waals surface area contributed by atoms with Crippen molar-refractivity contribution < 1.29 is 19.9 Å². The van der Waals surface area contributed by atoms with Crippen LogP contribution in [0.25, 0.3) is 10.9 Å². The summed E-state index contributed by atoms with van der Waals surface area (Å²) in [6.45, 7) is -0.516. The molecular formula is C19H17N3O5. The Bertz CT molecular complexity index is 975. The second-order valence-electron chi connectivity index (χ2n) is 5.95. The summed E-state index contributed by atoms with van der Waals surface area (Å²) >= 11 is 0. The molecule has 1 heterocycles. The minimum atomic E-state index is -1.24. The summed E-state index contributed by atoms with van der Waals surface area (Å²) in [7, 11) is 0. The molecule has 0 aliphatic heterocycles. The normalized spacial score (nSPS) is 13.1. The number of para-hydroxylation sites is 1. The number of nitro benzene ring substituents is 1. The summed E-state index contributed by atoms with van der Waals surface area (Å²) in [6, 6.07) is 14.9. The van der Waals surface area contributed by atoms with Crippen LogP contribution in [0.5, 0.6) is 0 Å². The quantitative estimate of drug-likeness (QED) is 0.452. The predicted octanol–water partition coefficient (Wildman–Crippen LogP) is 1.97. The largest absolute Gasteiger partial charge is 0.394 e. The first-order valence-corrected chi connectivity index (χ1v) is 8.19. The molecule has 8 nitrogen and oxygen atoms in total. The molecule has 0 saturated carbocycles. The van der Waals surface area contributed by atoms with E-state index in [0.717, 1.165) is 5.39 Å². The molecule has 1 amide bonds. The van der Waals surface area contributed by atoms with Gasteiger partial charge in [0.1, 0.15) is 11.8 Å². The van der Waals surface area contributed by atoms with E-state index in [0.29, 0.717) is 11.1 Å². The maximum atomic E-state index is 12.5. The standard InChI is InChI=1S/C19H17N3O5/c23-11-17(18(24)13-5-8-14(9-6-13)22(26)27)21-19(25)16-10-7-12-3-1-2-4-15(12)20-16/h1-10,17-18,23-24H,11H2,(H,21,25)/t17-,18+/m1/s1. The van der Waals surface area contributed by atoms with E-state index >= 15 is 0 Å². The lowest BCUT2D eigenvalue weighted by Crippen LogP contribution is -2.42. The summed E-state index contributed by atoms with van der Waals surface area (Å²) in [5.74, 6) is -0.541. The zero-order valence-electron chi connectivity index (χ0n) is 14.1. The van der Waals surface area contributed by atoms with E-state index in [1.165, 1.54) is 24.3 Å². The van der Waals surface area contributed by atoms with Crippen LogP contribution < -0.4 is 5.32 Å². The van der Waals surface area contributed by atoms with Gasteiger partial charge < -0.3 is 15.5 Å². The first kappa shape index (κ1) is 18.4. The van der Waals surface area contributed by atoms with Crippen molar-refractivity contribution in [3.8, 4) is 0 Å². The molecule has 0 aliphatic carbocycles. The maximum absolute atomic E-state index is 12.5. The summed E-state index contributed by atoms with van der Waals surface area (Å²) in [6.07, 6.45) is -1.24. The van der Waals surface area contributed by atoms with Crippen LogP contribution in [-0.4, -0.2) is 38.7 Å². The van der Waals surface area contributed by atoms with Crippen molar-refractivity contribution in [1.82, 2.24) is 10.3 Å². The van der Waals surface area contributed by atoms with Crippen molar-refractivity contribution in [3.05, 3.63) is 82.0 Å². The summed E-state index contributed by atoms with van der Waals surface area (Å²) < 4.78 is 0. The first-order chi connectivity index (χ1) is 13.0. The molecule has 8 heteroatoms. The van der Waals surface area contributed by atoms with E-state index in [-0.39, 0.29) is 11.4 Å². The molecule has 27 heavy (non-hydrogen) atoms. The van der Waals surface area contributed by atoms with E-state index < -0.39 is 29.6 Å². The Morgan fingerprint density at radius 2 is 1.81 bits per heavy atom. The lowest BCUT2D eigenvalue weighted by Gasteiger charge is -2.22. The van der Waals surface area contributed by atoms with Crippen molar-refractivity contribution in [1.29, 1.82) is 0 Å². The van der Waals surface area contributed by atoms with Gasteiger partial charge in [0.2, 0.25) is 0 Å². The Morgan fingerprint density at radius 1 is 1.11 bits per heavy atom. The molecule has 1 aromatic heterocycles. The number of nitrogens with one attached hydrogen (secondary N) is 1. The van der Waals surface area contributed by atoms with E-state index in [2.05, 4.69) is 10.3 Å².